The lowest BCUT2D eigenvalue weighted by Gasteiger charge is -2.23. The van der Waals surface area contributed by atoms with Crippen molar-refractivity contribution in [2.24, 2.45) is 10.2 Å². The third-order valence-corrected chi connectivity index (χ3v) is 5.00. The maximum absolute atomic E-state index is 12.8. The molecular weight excluding hydrogens is 410 g/mol. The Kier molecular flexibility index (Phi) is 7.35. The number of benzene rings is 1. The number of nitrogens with one attached hydrogen (secondary N) is 2. The molecule has 0 saturated heterocycles. The zero-order valence-electron chi connectivity index (χ0n) is 16.8. The van der Waals surface area contributed by atoms with Crippen LogP contribution in [0.2, 0.25) is 0 Å². The summed E-state index contributed by atoms with van der Waals surface area (Å²) in [7, 11) is 7.09. The molecule has 0 saturated carbocycles. The fourth-order valence-corrected chi connectivity index (χ4v) is 2.49. The maximum Gasteiger partial charge on any atom is 0.262 e. The van der Waals surface area contributed by atoms with Gasteiger partial charge in [0.2, 0.25) is 0 Å². The number of carbonyl (C=O) groups is 2. The van der Waals surface area contributed by atoms with E-state index in [0.29, 0.717) is 27.1 Å². The van der Waals surface area contributed by atoms with Crippen molar-refractivity contribution in [1.82, 2.24) is 25.6 Å². The molecule has 1 aliphatic heterocycles. The van der Waals surface area contributed by atoms with Gasteiger partial charge in [-0.3, -0.25) is 25.3 Å². The van der Waals surface area contributed by atoms with Crippen molar-refractivity contribution in [1.29, 1.82) is 0 Å². The summed E-state index contributed by atoms with van der Waals surface area (Å²) < 4.78 is 0. The number of hydrogen-bond acceptors (Lipinski definition) is 6. The molecule has 0 radical (unpaired) electrons. The van der Waals surface area contributed by atoms with E-state index in [9.17, 15) is 9.59 Å². The summed E-state index contributed by atoms with van der Waals surface area (Å²) in [6.07, 6.45) is 1.40. The van der Waals surface area contributed by atoms with E-state index in [1.165, 1.54) is 6.21 Å². The molecule has 2 rings (SSSR count). The fourth-order valence-electron chi connectivity index (χ4n) is 2.39. The first-order chi connectivity index (χ1) is 13.6. The number of nitrogens with zero attached hydrogens (tertiary/aromatic N) is 5. The molecule has 11 heteroatoms. The van der Waals surface area contributed by atoms with Gasteiger partial charge in [0.1, 0.15) is 5.71 Å². The molecule has 29 heavy (non-hydrogen) atoms. The SMILES string of the molecule is CC(C(/C=N/NC(=S)N(C)C)=N\NC(=S)N(C)C)N1C(=O)c2ccccc2C1=O. The molecule has 1 aliphatic rings. The van der Waals surface area contributed by atoms with Crippen molar-refractivity contribution in [3.8, 4) is 0 Å². The summed E-state index contributed by atoms with van der Waals surface area (Å²) in [5, 5.41) is 9.08. The van der Waals surface area contributed by atoms with Crippen LogP contribution in [0.25, 0.3) is 0 Å². The molecule has 0 fully saturated rings. The standard InChI is InChI=1S/C18H23N7O2S2/c1-11(25-15(26)12-8-6-7-9-13(12)16(25)27)14(20-22-18(29)24(4)5)10-19-21-17(28)23(2)3/h6-11H,1-5H3,(H,21,28)(H,22,29)/b19-10+,20-14-. The van der Waals surface area contributed by atoms with Gasteiger partial charge >= 0.3 is 0 Å². The van der Waals surface area contributed by atoms with Gasteiger partial charge in [-0.25, -0.2) is 0 Å². The van der Waals surface area contributed by atoms with E-state index in [0.717, 1.165) is 4.90 Å². The van der Waals surface area contributed by atoms with Crippen LogP contribution >= 0.6 is 24.4 Å². The summed E-state index contributed by atoms with van der Waals surface area (Å²) in [4.78, 5) is 30.1. The second kappa shape index (κ2) is 9.52. The van der Waals surface area contributed by atoms with Gasteiger partial charge < -0.3 is 9.80 Å². The quantitative estimate of drug-likeness (QED) is 0.306. The molecule has 1 unspecified atom stereocenters. The zero-order chi connectivity index (χ0) is 21.7. The Hall–Kier alpha value is -2.92. The van der Waals surface area contributed by atoms with E-state index >= 15 is 0 Å². The van der Waals surface area contributed by atoms with Crippen molar-refractivity contribution in [2.45, 2.75) is 13.0 Å². The second-order valence-corrected chi connectivity index (χ2v) is 7.39. The lowest BCUT2D eigenvalue weighted by molar-refractivity contribution is 0.0636. The number of hydrazone groups is 2. The highest BCUT2D eigenvalue weighted by Crippen LogP contribution is 2.24. The molecule has 0 aromatic heterocycles. The number of imide groups is 1. The van der Waals surface area contributed by atoms with E-state index in [1.807, 2.05) is 0 Å². The molecule has 1 atom stereocenters. The lowest BCUT2D eigenvalue weighted by Crippen LogP contribution is -2.45. The van der Waals surface area contributed by atoms with Crippen LogP contribution in [0.3, 0.4) is 0 Å². The summed E-state index contributed by atoms with van der Waals surface area (Å²) in [6.45, 7) is 1.69. The monoisotopic (exact) mass is 433 g/mol. The summed E-state index contributed by atoms with van der Waals surface area (Å²) in [5.74, 6) is -0.766. The smallest absolute Gasteiger partial charge is 0.262 e. The molecule has 0 aliphatic carbocycles. The second-order valence-electron chi connectivity index (χ2n) is 6.62. The number of thiocarbonyl (C=S) groups is 2. The predicted octanol–water partition coefficient (Wildman–Crippen LogP) is 0.885. The highest BCUT2D eigenvalue weighted by molar-refractivity contribution is 7.80. The topological polar surface area (TPSA) is 92.6 Å². The van der Waals surface area contributed by atoms with Gasteiger partial charge in [0, 0.05) is 28.2 Å². The molecule has 154 valence electrons. The van der Waals surface area contributed by atoms with Crippen molar-refractivity contribution in [2.75, 3.05) is 28.2 Å². The first-order valence-electron chi connectivity index (χ1n) is 8.67. The van der Waals surface area contributed by atoms with E-state index in [1.54, 1.807) is 69.2 Å². The van der Waals surface area contributed by atoms with Crippen molar-refractivity contribution in [3.63, 3.8) is 0 Å². The third-order valence-electron chi connectivity index (χ3n) is 4.09. The Labute approximate surface area is 180 Å². The Morgan fingerprint density at radius 1 is 1.00 bits per heavy atom. The molecular formula is C18H23N7O2S2. The molecule has 1 aromatic carbocycles. The van der Waals surface area contributed by atoms with Gasteiger partial charge in [0.15, 0.2) is 10.2 Å². The Morgan fingerprint density at radius 2 is 1.48 bits per heavy atom. The first-order valence-corrected chi connectivity index (χ1v) is 9.49. The largest absolute Gasteiger partial charge is 0.354 e. The summed E-state index contributed by atoms with van der Waals surface area (Å²) in [6, 6.07) is 6.00. The third kappa shape index (κ3) is 5.12. The minimum absolute atomic E-state index is 0.317. The highest BCUT2D eigenvalue weighted by atomic mass is 32.1. The van der Waals surface area contributed by atoms with Gasteiger partial charge in [0.05, 0.1) is 23.4 Å². The lowest BCUT2D eigenvalue weighted by atomic mass is 10.1. The molecule has 9 nitrogen and oxygen atoms in total. The van der Waals surface area contributed by atoms with E-state index in [4.69, 9.17) is 24.4 Å². The van der Waals surface area contributed by atoms with Crippen LogP contribution < -0.4 is 10.9 Å². The maximum atomic E-state index is 12.8. The van der Waals surface area contributed by atoms with Crippen LogP contribution in [-0.2, 0) is 0 Å². The zero-order valence-corrected chi connectivity index (χ0v) is 18.5. The summed E-state index contributed by atoms with van der Waals surface area (Å²) >= 11 is 10.3. The Balaban J connectivity index is 2.30. The van der Waals surface area contributed by atoms with Gasteiger partial charge in [-0.2, -0.15) is 10.2 Å². The highest BCUT2D eigenvalue weighted by Gasteiger charge is 2.39. The number of carbonyl (C=O) groups excluding carboxylic acids is 2. The fraction of sp³-hybridized carbons (Fsp3) is 0.333. The molecule has 1 heterocycles. The van der Waals surface area contributed by atoms with E-state index < -0.39 is 6.04 Å². The number of hydrogen-bond donors (Lipinski definition) is 2. The van der Waals surface area contributed by atoms with Crippen LogP contribution in [0.15, 0.2) is 34.5 Å². The van der Waals surface area contributed by atoms with Crippen LogP contribution in [0.5, 0.6) is 0 Å². The average molecular weight is 434 g/mol. The van der Waals surface area contributed by atoms with Crippen molar-refractivity contribution in [3.05, 3.63) is 35.4 Å². The van der Waals surface area contributed by atoms with Crippen molar-refractivity contribution < 1.29 is 9.59 Å². The van der Waals surface area contributed by atoms with Crippen LogP contribution in [0.4, 0.5) is 0 Å². The number of fused-ring (bicyclic) bond motifs is 1. The van der Waals surface area contributed by atoms with E-state index in [2.05, 4.69) is 21.1 Å². The average Bonchev–Trinajstić information content (AvgIpc) is 2.94. The number of rotatable bonds is 5. The predicted molar refractivity (Wildman–Crippen MR) is 121 cm³/mol. The molecule has 2 N–H and O–H groups in total. The molecule has 0 bridgehead atoms. The van der Waals surface area contributed by atoms with E-state index in [-0.39, 0.29) is 11.8 Å². The van der Waals surface area contributed by atoms with Crippen molar-refractivity contribution >= 4 is 58.4 Å². The van der Waals surface area contributed by atoms with Gasteiger partial charge in [-0.1, -0.05) is 12.1 Å². The van der Waals surface area contributed by atoms with Crippen LogP contribution in [0.1, 0.15) is 27.6 Å². The minimum Gasteiger partial charge on any atom is -0.354 e. The normalized spacial score (nSPS) is 14.7. The first kappa shape index (κ1) is 22.4. The van der Waals surface area contributed by atoms with Gasteiger partial charge in [-0.15, -0.1) is 0 Å². The van der Waals surface area contributed by atoms with Gasteiger partial charge in [0.25, 0.3) is 11.8 Å². The molecule has 2 amide bonds. The molecule has 0 spiro atoms. The minimum atomic E-state index is -0.696. The van der Waals surface area contributed by atoms with Gasteiger partial charge in [-0.05, 0) is 43.5 Å². The van der Waals surface area contributed by atoms with Crippen LogP contribution in [0, 0.1) is 0 Å². The Morgan fingerprint density at radius 3 is 1.97 bits per heavy atom. The Bertz CT molecular complexity index is 861. The van der Waals surface area contributed by atoms with Crippen LogP contribution in [-0.4, -0.2) is 82.9 Å². The number of amides is 2. The molecule has 1 aromatic rings. The summed E-state index contributed by atoms with van der Waals surface area (Å²) in [5.41, 5.74) is 6.47.